The zero-order chi connectivity index (χ0) is 21.4. The van der Waals surface area contributed by atoms with Gasteiger partial charge in [-0.2, -0.15) is 0 Å². The highest BCUT2D eigenvalue weighted by atomic mass is 79.9. The van der Waals surface area contributed by atoms with Gasteiger partial charge in [-0.3, -0.25) is 9.59 Å². The Balaban J connectivity index is 1.90. The summed E-state index contributed by atoms with van der Waals surface area (Å²) in [5, 5.41) is 0.695. The monoisotopic (exact) mass is 505 g/mol. The molecule has 0 radical (unpaired) electrons. The predicted octanol–water partition coefficient (Wildman–Crippen LogP) is 5.70. The van der Waals surface area contributed by atoms with Crippen LogP contribution in [0, 0.1) is 12.7 Å². The Morgan fingerprint density at radius 1 is 1.30 bits per heavy atom. The first-order valence-electron chi connectivity index (χ1n) is 8.82. The Morgan fingerprint density at radius 2 is 2.10 bits per heavy atom. The first kappa shape index (κ1) is 20.7. The molecule has 0 aliphatic rings. The number of pyridine rings is 1. The van der Waals surface area contributed by atoms with Gasteiger partial charge in [0, 0.05) is 26.6 Å². The third-order valence-corrected chi connectivity index (χ3v) is 6.42. The highest BCUT2D eigenvalue weighted by molar-refractivity contribution is 9.10. The second kappa shape index (κ2) is 8.29. The number of thiazole rings is 1. The lowest BCUT2D eigenvalue weighted by Gasteiger charge is -2.24. The molecule has 5 nitrogen and oxygen atoms in total. The van der Waals surface area contributed by atoms with Gasteiger partial charge in [0.2, 0.25) is 5.56 Å². The highest BCUT2D eigenvalue weighted by Gasteiger charge is 2.24. The molecule has 0 unspecified atom stereocenters. The average Bonchev–Trinajstić information content (AvgIpc) is 3.14. The number of aryl methyl sites for hydroxylation is 1. The van der Waals surface area contributed by atoms with Crippen LogP contribution in [-0.4, -0.2) is 15.9 Å². The van der Waals surface area contributed by atoms with Crippen LogP contribution in [0.25, 0.3) is 10.9 Å². The van der Waals surface area contributed by atoms with E-state index in [-0.39, 0.29) is 17.8 Å². The normalized spacial score (nSPS) is 11.1. The van der Waals surface area contributed by atoms with E-state index in [2.05, 4.69) is 25.9 Å². The molecule has 0 bridgehead atoms. The van der Waals surface area contributed by atoms with Gasteiger partial charge in [0.25, 0.3) is 5.91 Å². The number of benzene rings is 2. The van der Waals surface area contributed by atoms with E-state index in [9.17, 15) is 14.0 Å². The van der Waals surface area contributed by atoms with E-state index in [1.54, 1.807) is 36.7 Å². The summed E-state index contributed by atoms with van der Waals surface area (Å²) in [5.41, 5.74) is 3.05. The van der Waals surface area contributed by atoms with Crippen molar-refractivity contribution < 1.29 is 9.18 Å². The van der Waals surface area contributed by atoms with Gasteiger partial charge in [0.1, 0.15) is 10.7 Å². The molecular formula is C21H14BrClFN3O2S. The van der Waals surface area contributed by atoms with Gasteiger partial charge in [-0.25, -0.2) is 9.37 Å². The van der Waals surface area contributed by atoms with Crippen molar-refractivity contribution in [2.24, 2.45) is 0 Å². The highest BCUT2D eigenvalue weighted by Crippen LogP contribution is 2.30. The molecule has 0 saturated carbocycles. The Kier molecular flexibility index (Phi) is 5.73. The topological polar surface area (TPSA) is 66.1 Å². The molecular weight excluding hydrogens is 493 g/mol. The maximum Gasteiger partial charge on any atom is 0.270 e. The van der Waals surface area contributed by atoms with Crippen molar-refractivity contribution >= 4 is 61.4 Å². The summed E-state index contributed by atoms with van der Waals surface area (Å²) < 4.78 is 15.3. The number of aromatic nitrogens is 2. The van der Waals surface area contributed by atoms with Crippen LogP contribution in [0.3, 0.4) is 0 Å². The second-order valence-electron chi connectivity index (χ2n) is 6.58. The van der Waals surface area contributed by atoms with Crippen molar-refractivity contribution in [3.63, 3.8) is 0 Å². The van der Waals surface area contributed by atoms with Crippen molar-refractivity contribution in [1.29, 1.82) is 0 Å². The fourth-order valence-electron chi connectivity index (χ4n) is 3.23. The standard InChI is InChI=1S/C21H14BrClFN3O2S/c1-11-20(30-10-25-11)21(29)27(14-4-2-3-13(23)8-14)9-12-7-17(28)26-19-15(22)5-6-16(24)18(12)19/h2-8,10H,9H2,1H3,(H,26,28). The summed E-state index contributed by atoms with van der Waals surface area (Å²) >= 11 is 10.7. The number of H-pyrrole nitrogens is 1. The number of carbonyl (C=O) groups excluding carboxylic acids is 1. The van der Waals surface area contributed by atoms with Crippen molar-refractivity contribution in [1.82, 2.24) is 9.97 Å². The lowest BCUT2D eigenvalue weighted by molar-refractivity contribution is 0.0988. The third kappa shape index (κ3) is 3.90. The Labute approximate surface area is 188 Å². The number of nitrogens with one attached hydrogen (secondary N) is 1. The molecule has 0 aliphatic heterocycles. The number of hydrogen-bond acceptors (Lipinski definition) is 4. The second-order valence-corrected chi connectivity index (χ2v) is 8.72. The van der Waals surface area contributed by atoms with Crippen molar-refractivity contribution in [3.05, 3.63) is 89.8 Å². The number of aromatic amines is 1. The summed E-state index contributed by atoms with van der Waals surface area (Å²) in [6.07, 6.45) is 0. The number of carbonyl (C=O) groups is 1. The zero-order valence-electron chi connectivity index (χ0n) is 15.6. The summed E-state index contributed by atoms with van der Waals surface area (Å²) in [5.74, 6) is -0.798. The molecule has 0 spiro atoms. The lowest BCUT2D eigenvalue weighted by atomic mass is 10.1. The number of halogens is 3. The number of nitrogens with zero attached hydrogens (tertiary/aromatic N) is 2. The van der Waals surface area contributed by atoms with Gasteiger partial charge in [0.15, 0.2) is 0 Å². The minimum atomic E-state index is -0.494. The Morgan fingerprint density at radius 3 is 2.80 bits per heavy atom. The number of rotatable bonds is 4. The van der Waals surface area contributed by atoms with Crippen LogP contribution >= 0.6 is 38.9 Å². The lowest BCUT2D eigenvalue weighted by Crippen LogP contribution is -2.31. The number of amides is 1. The summed E-state index contributed by atoms with van der Waals surface area (Å²) in [6, 6.07) is 11.0. The molecule has 2 aromatic heterocycles. The molecule has 4 rings (SSSR count). The molecule has 0 aliphatic carbocycles. The van der Waals surface area contributed by atoms with Crippen LogP contribution in [0.4, 0.5) is 10.1 Å². The smallest absolute Gasteiger partial charge is 0.270 e. The molecule has 2 heterocycles. The zero-order valence-corrected chi connectivity index (χ0v) is 18.7. The van der Waals surface area contributed by atoms with Crippen molar-refractivity contribution in [2.45, 2.75) is 13.5 Å². The Hall–Kier alpha value is -2.55. The molecule has 2 aromatic carbocycles. The Bertz CT molecular complexity index is 1340. The summed E-state index contributed by atoms with van der Waals surface area (Å²) in [4.78, 5) is 34.4. The van der Waals surface area contributed by atoms with Crippen molar-refractivity contribution in [3.8, 4) is 0 Å². The van der Waals surface area contributed by atoms with E-state index in [1.165, 1.54) is 34.4 Å². The van der Waals surface area contributed by atoms with Crippen LogP contribution in [0.15, 0.2) is 57.2 Å². The minimum Gasteiger partial charge on any atom is -0.321 e. The summed E-state index contributed by atoms with van der Waals surface area (Å²) in [7, 11) is 0. The van der Waals surface area contributed by atoms with E-state index in [1.807, 2.05) is 0 Å². The molecule has 0 saturated heterocycles. The SMILES string of the molecule is Cc1ncsc1C(=O)N(Cc1cc(=O)[nH]c2c(Br)ccc(F)c12)c1cccc(Cl)c1. The van der Waals surface area contributed by atoms with Gasteiger partial charge >= 0.3 is 0 Å². The van der Waals surface area contributed by atoms with E-state index < -0.39 is 11.4 Å². The first-order valence-corrected chi connectivity index (χ1v) is 10.9. The van der Waals surface area contributed by atoms with Gasteiger partial charge in [0.05, 0.1) is 23.3 Å². The van der Waals surface area contributed by atoms with Gasteiger partial charge in [-0.05, 0) is 58.7 Å². The van der Waals surface area contributed by atoms with E-state index in [4.69, 9.17) is 11.6 Å². The minimum absolute atomic E-state index is 0.0235. The van der Waals surface area contributed by atoms with Gasteiger partial charge < -0.3 is 9.88 Å². The molecule has 152 valence electrons. The van der Waals surface area contributed by atoms with Crippen LogP contribution in [0.2, 0.25) is 5.02 Å². The largest absolute Gasteiger partial charge is 0.321 e. The molecule has 0 atom stereocenters. The number of hydrogen-bond donors (Lipinski definition) is 1. The maximum absolute atomic E-state index is 14.7. The molecule has 1 N–H and O–H groups in total. The van der Waals surface area contributed by atoms with E-state index >= 15 is 0 Å². The summed E-state index contributed by atoms with van der Waals surface area (Å²) in [6.45, 7) is 1.73. The molecule has 9 heteroatoms. The van der Waals surface area contributed by atoms with Gasteiger partial charge in [-0.1, -0.05) is 17.7 Å². The number of anilines is 1. The maximum atomic E-state index is 14.7. The molecule has 4 aromatic rings. The molecule has 30 heavy (non-hydrogen) atoms. The fourth-order valence-corrected chi connectivity index (χ4v) is 4.59. The van der Waals surface area contributed by atoms with Crippen LogP contribution in [0.1, 0.15) is 20.9 Å². The average molecular weight is 507 g/mol. The van der Waals surface area contributed by atoms with E-state index in [0.717, 1.165) is 0 Å². The fraction of sp³-hybridized carbons (Fsp3) is 0.0952. The van der Waals surface area contributed by atoms with Crippen molar-refractivity contribution in [2.75, 3.05) is 4.90 Å². The molecule has 1 amide bonds. The number of fused-ring (bicyclic) bond motifs is 1. The van der Waals surface area contributed by atoms with Gasteiger partial charge in [-0.15, -0.1) is 11.3 Å². The van der Waals surface area contributed by atoms with E-state index in [0.29, 0.717) is 36.8 Å². The van der Waals surface area contributed by atoms with Crippen LogP contribution in [-0.2, 0) is 6.54 Å². The van der Waals surface area contributed by atoms with Crippen LogP contribution in [0.5, 0.6) is 0 Å². The molecule has 0 fully saturated rings. The van der Waals surface area contributed by atoms with Crippen LogP contribution < -0.4 is 10.5 Å². The first-order chi connectivity index (χ1) is 14.3. The third-order valence-electron chi connectivity index (χ3n) is 4.61. The quantitative estimate of drug-likeness (QED) is 0.386. The predicted molar refractivity (Wildman–Crippen MR) is 121 cm³/mol.